The van der Waals surface area contributed by atoms with Crippen molar-refractivity contribution in [1.82, 2.24) is 15.5 Å². The Morgan fingerprint density at radius 1 is 1.10 bits per heavy atom. The van der Waals surface area contributed by atoms with Crippen LogP contribution in [-0.2, 0) is 4.79 Å². The maximum Gasteiger partial charge on any atom is 0.318 e. The average Bonchev–Trinajstić information content (AvgIpc) is 2.40. The van der Waals surface area contributed by atoms with Crippen LogP contribution in [0.25, 0.3) is 0 Å². The van der Waals surface area contributed by atoms with Gasteiger partial charge in [-0.05, 0) is 24.7 Å². The molecule has 6 nitrogen and oxygen atoms in total. The SMILES string of the molecule is CNC(=O)[C@H](CC(C)C)NC(=O)N(CCO)CCC(C)C. The molecule has 0 saturated carbocycles. The number of hydrogen-bond donors (Lipinski definition) is 3. The molecule has 0 aromatic heterocycles. The Hall–Kier alpha value is -1.30. The summed E-state index contributed by atoms with van der Waals surface area (Å²) in [6, 6.07) is -0.832. The van der Waals surface area contributed by atoms with E-state index in [1.807, 2.05) is 13.8 Å². The van der Waals surface area contributed by atoms with Gasteiger partial charge in [0.05, 0.1) is 6.61 Å². The van der Waals surface area contributed by atoms with E-state index in [0.717, 1.165) is 6.42 Å². The van der Waals surface area contributed by atoms with Crippen molar-refractivity contribution in [3.63, 3.8) is 0 Å². The van der Waals surface area contributed by atoms with Crippen LogP contribution in [-0.4, -0.2) is 54.7 Å². The summed E-state index contributed by atoms with van der Waals surface area (Å²) in [5.74, 6) is 0.587. The van der Waals surface area contributed by atoms with Gasteiger partial charge in [-0.1, -0.05) is 27.7 Å². The summed E-state index contributed by atoms with van der Waals surface area (Å²) < 4.78 is 0. The van der Waals surface area contributed by atoms with Gasteiger partial charge in [0, 0.05) is 20.1 Å². The molecule has 0 bridgehead atoms. The second-order valence-electron chi connectivity index (χ2n) is 6.14. The van der Waals surface area contributed by atoms with Gasteiger partial charge in [0.25, 0.3) is 0 Å². The highest BCUT2D eigenvalue weighted by atomic mass is 16.3. The fourth-order valence-corrected chi connectivity index (χ4v) is 1.97. The van der Waals surface area contributed by atoms with E-state index in [0.29, 0.717) is 24.8 Å². The van der Waals surface area contributed by atoms with E-state index in [2.05, 4.69) is 24.5 Å². The molecule has 0 aliphatic heterocycles. The van der Waals surface area contributed by atoms with Gasteiger partial charge >= 0.3 is 6.03 Å². The lowest BCUT2D eigenvalue weighted by Crippen LogP contribution is -2.52. The Labute approximate surface area is 128 Å². The molecule has 0 saturated heterocycles. The Balaban J connectivity index is 4.68. The van der Waals surface area contributed by atoms with Crippen LogP contribution in [0.5, 0.6) is 0 Å². The maximum absolute atomic E-state index is 12.3. The van der Waals surface area contributed by atoms with Crippen LogP contribution in [0.15, 0.2) is 0 Å². The smallest absolute Gasteiger partial charge is 0.318 e. The number of aliphatic hydroxyl groups excluding tert-OH is 1. The van der Waals surface area contributed by atoms with E-state index >= 15 is 0 Å². The van der Waals surface area contributed by atoms with Gasteiger partial charge in [0.1, 0.15) is 6.04 Å². The summed E-state index contributed by atoms with van der Waals surface area (Å²) in [4.78, 5) is 25.7. The largest absolute Gasteiger partial charge is 0.395 e. The number of hydrogen-bond acceptors (Lipinski definition) is 3. The van der Waals surface area contributed by atoms with E-state index < -0.39 is 6.04 Å². The summed E-state index contributed by atoms with van der Waals surface area (Å²) in [6.07, 6.45) is 1.45. The number of amides is 3. The van der Waals surface area contributed by atoms with Gasteiger partial charge in [-0.15, -0.1) is 0 Å². The number of urea groups is 1. The third-order valence-electron chi connectivity index (χ3n) is 3.20. The molecule has 21 heavy (non-hydrogen) atoms. The number of carbonyl (C=O) groups excluding carboxylic acids is 2. The first-order chi connectivity index (χ1) is 9.81. The van der Waals surface area contributed by atoms with Crippen molar-refractivity contribution in [2.24, 2.45) is 11.8 Å². The van der Waals surface area contributed by atoms with Crippen LogP contribution in [0.4, 0.5) is 4.79 Å². The molecule has 0 fully saturated rings. The van der Waals surface area contributed by atoms with Crippen molar-refractivity contribution in [2.45, 2.75) is 46.6 Å². The molecule has 0 radical (unpaired) electrons. The van der Waals surface area contributed by atoms with Crippen LogP contribution in [0.2, 0.25) is 0 Å². The van der Waals surface area contributed by atoms with Crippen LogP contribution < -0.4 is 10.6 Å². The average molecular weight is 301 g/mol. The van der Waals surface area contributed by atoms with Crippen molar-refractivity contribution in [3.8, 4) is 0 Å². The van der Waals surface area contributed by atoms with Crippen LogP contribution in [0.3, 0.4) is 0 Å². The molecule has 124 valence electrons. The highest BCUT2D eigenvalue weighted by Crippen LogP contribution is 2.07. The Bertz CT molecular complexity index is 319. The zero-order valence-electron chi connectivity index (χ0n) is 14.0. The standard InChI is InChI=1S/C15H31N3O3/c1-11(2)6-7-18(8-9-19)15(21)17-13(10-12(3)4)14(20)16-5/h11-13,19H,6-10H2,1-5H3,(H,16,20)(H,17,21)/t13-/m0/s1. The Kier molecular flexibility index (Phi) is 9.78. The molecule has 0 aromatic carbocycles. The first kappa shape index (κ1) is 19.7. The number of aliphatic hydroxyl groups is 1. The minimum atomic E-state index is -0.539. The number of rotatable bonds is 9. The lowest BCUT2D eigenvalue weighted by atomic mass is 10.0. The molecule has 3 amide bonds. The first-order valence-electron chi connectivity index (χ1n) is 7.69. The van der Waals surface area contributed by atoms with Gasteiger partial charge in [-0.2, -0.15) is 0 Å². The zero-order chi connectivity index (χ0) is 16.4. The Morgan fingerprint density at radius 2 is 1.71 bits per heavy atom. The topological polar surface area (TPSA) is 81.7 Å². The lowest BCUT2D eigenvalue weighted by Gasteiger charge is -2.26. The summed E-state index contributed by atoms with van der Waals surface area (Å²) in [5.41, 5.74) is 0. The third kappa shape index (κ3) is 8.55. The lowest BCUT2D eigenvalue weighted by molar-refractivity contribution is -0.122. The van der Waals surface area contributed by atoms with Crippen LogP contribution in [0.1, 0.15) is 40.5 Å². The quantitative estimate of drug-likeness (QED) is 0.598. The third-order valence-corrected chi connectivity index (χ3v) is 3.20. The van der Waals surface area contributed by atoms with Crippen molar-refractivity contribution in [1.29, 1.82) is 0 Å². The summed E-state index contributed by atoms with van der Waals surface area (Å²) >= 11 is 0. The van der Waals surface area contributed by atoms with Gasteiger partial charge in [0.2, 0.25) is 5.91 Å². The van der Waals surface area contributed by atoms with Crippen LogP contribution in [0, 0.1) is 11.8 Å². The molecular weight excluding hydrogens is 270 g/mol. The molecule has 0 rings (SSSR count). The molecule has 3 N–H and O–H groups in total. The predicted molar refractivity (Wildman–Crippen MR) is 84.0 cm³/mol. The molecule has 1 atom stereocenters. The number of nitrogens with one attached hydrogen (secondary N) is 2. The fourth-order valence-electron chi connectivity index (χ4n) is 1.97. The number of likely N-dealkylation sites (N-methyl/N-ethyl adjacent to an activating group) is 1. The van der Waals surface area contributed by atoms with E-state index in [1.165, 1.54) is 0 Å². The second kappa shape index (κ2) is 10.4. The van der Waals surface area contributed by atoms with E-state index in [-0.39, 0.29) is 25.1 Å². The van der Waals surface area contributed by atoms with E-state index in [1.54, 1.807) is 11.9 Å². The Morgan fingerprint density at radius 3 is 2.14 bits per heavy atom. The van der Waals surface area contributed by atoms with Gasteiger partial charge in [0.15, 0.2) is 0 Å². The summed E-state index contributed by atoms with van der Waals surface area (Å²) in [5, 5.41) is 14.4. The summed E-state index contributed by atoms with van der Waals surface area (Å²) in [6.45, 7) is 8.95. The monoisotopic (exact) mass is 301 g/mol. The minimum absolute atomic E-state index is 0.0830. The molecular formula is C15H31N3O3. The van der Waals surface area contributed by atoms with Crippen molar-refractivity contribution >= 4 is 11.9 Å². The number of carbonyl (C=O) groups is 2. The second-order valence-corrected chi connectivity index (χ2v) is 6.14. The number of nitrogens with zero attached hydrogens (tertiary/aromatic N) is 1. The van der Waals surface area contributed by atoms with Gasteiger partial charge in [-0.3, -0.25) is 4.79 Å². The first-order valence-corrected chi connectivity index (χ1v) is 7.69. The minimum Gasteiger partial charge on any atom is -0.395 e. The maximum atomic E-state index is 12.3. The van der Waals surface area contributed by atoms with E-state index in [9.17, 15) is 9.59 Å². The predicted octanol–water partition coefficient (Wildman–Crippen LogP) is 1.20. The molecule has 0 heterocycles. The molecule has 6 heteroatoms. The van der Waals surface area contributed by atoms with E-state index in [4.69, 9.17) is 5.11 Å². The van der Waals surface area contributed by atoms with Crippen molar-refractivity contribution in [3.05, 3.63) is 0 Å². The molecule has 0 aromatic rings. The van der Waals surface area contributed by atoms with Crippen molar-refractivity contribution < 1.29 is 14.7 Å². The fraction of sp³-hybridized carbons (Fsp3) is 0.867. The molecule has 0 aliphatic carbocycles. The molecule has 0 unspecified atom stereocenters. The summed E-state index contributed by atoms with van der Waals surface area (Å²) in [7, 11) is 1.56. The van der Waals surface area contributed by atoms with Crippen molar-refractivity contribution in [2.75, 3.05) is 26.7 Å². The van der Waals surface area contributed by atoms with Gasteiger partial charge in [-0.25, -0.2) is 4.79 Å². The normalized spacial score (nSPS) is 12.4. The zero-order valence-corrected chi connectivity index (χ0v) is 14.0. The molecule has 0 aliphatic rings. The highest BCUT2D eigenvalue weighted by Gasteiger charge is 2.23. The highest BCUT2D eigenvalue weighted by molar-refractivity contribution is 5.86. The molecule has 0 spiro atoms. The van der Waals surface area contributed by atoms with Crippen LogP contribution >= 0.6 is 0 Å². The van der Waals surface area contributed by atoms with Gasteiger partial charge < -0.3 is 20.6 Å².